The number of halogens is 1. The van der Waals surface area contributed by atoms with Crippen LogP contribution < -0.4 is 4.74 Å². The largest absolute Gasteiger partial charge is 0.497 e. The molecule has 2 aromatic rings. The molecule has 1 aliphatic heterocycles. The molecule has 1 atom stereocenters. The van der Waals surface area contributed by atoms with Crippen LogP contribution >= 0.6 is 11.8 Å². The third-order valence-electron chi connectivity index (χ3n) is 3.89. The van der Waals surface area contributed by atoms with Crippen molar-refractivity contribution in [2.45, 2.75) is 5.37 Å². The molecule has 5 heteroatoms. The highest BCUT2D eigenvalue weighted by molar-refractivity contribution is 7.99. The molecule has 0 spiro atoms. The molecule has 1 unspecified atom stereocenters. The zero-order chi connectivity index (χ0) is 16.9. The third kappa shape index (κ3) is 3.62. The molecular weight excluding hydrogens is 325 g/mol. The second-order valence-electron chi connectivity index (χ2n) is 5.38. The lowest BCUT2D eigenvalue weighted by molar-refractivity contribution is -0.126. The molecule has 1 heterocycles. The van der Waals surface area contributed by atoms with Gasteiger partial charge in [0.25, 0.3) is 0 Å². The summed E-state index contributed by atoms with van der Waals surface area (Å²) in [4.78, 5) is 14.3. The topological polar surface area (TPSA) is 29.5 Å². The van der Waals surface area contributed by atoms with Crippen LogP contribution in [-0.2, 0) is 4.79 Å². The number of benzene rings is 2. The van der Waals surface area contributed by atoms with Crippen molar-refractivity contribution < 1.29 is 13.9 Å². The number of nitrogens with zero attached hydrogens (tertiary/aromatic N) is 1. The summed E-state index contributed by atoms with van der Waals surface area (Å²) in [6.45, 7) is 0.682. The molecule has 0 bridgehead atoms. The maximum atomic E-state index is 13.6. The Labute approximate surface area is 145 Å². The van der Waals surface area contributed by atoms with E-state index in [0.29, 0.717) is 12.1 Å². The first kappa shape index (κ1) is 16.6. The smallest absolute Gasteiger partial charge is 0.247 e. The summed E-state index contributed by atoms with van der Waals surface area (Å²) in [5.74, 6) is 1.24. The molecular formula is C19H18FNO2S. The fourth-order valence-electron chi connectivity index (χ4n) is 2.61. The van der Waals surface area contributed by atoms with Crippen LogP contribution in [0.2, 0.25) is 0 Å². The minimum atomic E-state index is -0.330. The van der Waals surface area contributed by atoms with Crippen molar-refractivity contribution in [3.05, 3.63) is 71.6 Å². The van der Waals surface area contributed by atoms with Gasteiger partial charge in [-0.05, 0) is 29.8 Å². The summed E-state index contributed by atoms with van der Waals surface area (Å²) < 4.78 is 18.8. The van der Waals surface area contributed by atoms with Gasteiger partial charge in [-0.15, -0.1) is 11.8 Å². The quantitative estimate of drug-likeness (QED) is 0.782. The molecule has 0 saturated carbocycles. The van der Waals surface area contributed by atoms with Crippen LogP contribution in [0.15, 0.2) is 54.6 Å². The van der Waals surface area contributed by atoms with E-state index in [9.17, 15) is 9.18 Å². The molecule has 1 fully saturated rings. The predicted octanol–water partition coefficient (Wildman–Crippen LogP) is 4.12. The van der Waals surface area contributed by atoms with Crippen molar-refractivity contribution in [3.8, 4) is 5.75 Å². The molecule has 3 rings (SSSR count). The van der Waals surface area contributed by atoms with Gasteiger partial charge in [0.15, 0.2) is 0 Å². The van der Waals surface area contributed by atoms with Crippen LogP contribution in [0.4, 0.5) is 4.39 Å². The van der Waals surface area contributed by atoms with Crippen molar-refractivity contribution in [1.29, 1.82) is 0 Å². The van der Waals surface area contributed by atoms with Crippen molar-refractivity contribution in [3.63, 3.8) is 0 Å². The highest BCUT2D eigenvalue weighted by atomic mass is 32.2. The van der Waals surface area contributed by atoms with Gasteiger partial charge >= 0.3 is 0 Å². The lowest BCUT2D eigenvalue weighted by Crippen LogP contribution is -2.28. The number of hydrogen-bond donors (Lipinski definition) is 0. The lowest BCUT2D eigenvalue weighted by Gasteiger charge is -2.23. The first-order valence-corrected chi connectivity index (χ1v) is 8.72. The van der Waals surface area contributed by atoms with E-state index in [0.717, 1.165) is 17.1 Å². The molecule has 0 aliphatic carbocycles. The lowest BCUT2D eigenvalue weighted by atomic mass is 10.1. The van der Waals surface area contributed by atoms with Gasteiger partial charge in [0.1, 0.15) is 16.9 Å². The van der Waals surface area contributed by atoms with Crippen LogP contribution in [-0.4, -0.2) is 30.2 Å². The van der Waals surface area contributed by atoms with E-state index < -0.39 is 0 Å². The summed E-state index contributed by atoms with van der Waals surface area (Å²) >= 11 is 1.73. The molecule has 2 aromatic carbocycles. The molecule has 0 N–H and O–H groups in total. The van der Waals surface area contributed by atoms with Crippen molar-refractivity contribution in [2.24, 2.45) is 0 Å². The average molecular weight is 343 g/mol. The first-order valence-electron chi connectivity index (χ1n) is 7.68. The Morgan fingerprint density at radius 3 is 2.71 bits per heavy atom. The average Bonchev–Trinajstić information content (AvgIpc) is 3.10. The number of carbonyl (C=O) groups is 1. The van der Waals surface area contributed by atoms with Crippen LogP contribution in [0.25, 0.3) is 6.08 Å². The normalized spacial score (nSPS) is 17.4. The van der Waals surface area contributed by atoms with Gasteiger partial charge in [-0.25, -0.2) is 4.39 Å². The Morgan fingerprint density at radius 2 is 2.00 bits per heavy atom. The number of rotatable bonds is 4. The van der Waals surface area contributed by atoms with E-state index in [1.54, 1.807) is 37.1 Å². The fraction of sp³-hybridized carbons (Fsp3) is 0.211. The zero-order valence-corrected chi connectivity index (χ0v) is 14.1. The van der Waals surface area contributed by atoms with Gasteiger partial charge in [0, 0.05) is 23.9 Å². The molecule has 0 aromatic heterocycles. The monoisotopic (exact) mass is 343 g/mol. The minimum absolute atomic E-state index is 0.0197. The number of ether oxygens (including phenoxy) is 1. The number of methoxy groups -OCH3 is 1. The third-order valence-corrected chi connectivity index (χ3v) is 5.15. The van der Waals surface area contributed by atoms with E-state index in [2.05, 4.69) is 0 Å². The van der Waals surface area contributed by atoms with E-state index in [1.165, 1.54) is 18.2 Å². The zero-order valence-electron chi connectivity index (χ0n) is 13.3. The Bertz CT molecular complexity index is 745. The number of carbonyl (C=O) groups excluding carboxylic acids is 1. The van der Waals surface area contributed by atoms with E-state index >= 15 is 0 Å². The van der Waals surface area contributed by atoms with Gasteiger partial charge in [-0.1, -0.05) is 30.3 Å². The summed E-state index contributed by atoms with van der Waals surface area (Å²) in [6.07, 6.45) is 2.98. The number of thioether (sulfide) groups is 1. The highest BCUT2D eigenvalue weighted by Crippen LogP contribution is 2.38. The SMILES string of the molecule is COc1ccc(C2SCCN2C(=O)/C=C/c2ccccc2F)cc1. The van der Waals surface area contributed by atoms with E-state index in [1.807, 2.05) is 29.2 Å². The summed E-state index contributed by atoms with van der Waals surface area (Å²) in [5.41, 5.74) is 1.48. The number of amides is 1. The van der Waals surface area contributed by atoms with E-state index in [-0.39, 0.29) is 17.1 Å². The Kier molecular flexibility index (Phi) is 5.20. The second kappa shape index (κ2) is 7.53. The van der Waals surface area contributed by atoms with Crippen LogP contribution in [0.3, 0.4) is 0 Å². The van der Waals surface area contributed by atoms with E-state index in [4.69, 9.17) is 4.74 Å². The van der Waals surface area contributed by atoms with Crippen molar-refractivity contribution >= 4 is 23.7 Å². The highest BCUT2D eigenvalue weighted by Gasteiger charge is 2.29. The standard InChI is InChI=1S/C19H18FNO2S/c1-23-16-9-6-15(7-10-16)19-21(12-13-24-19)18(22)11-8-14-4-2-3-5-17(14)20/h2-11,19H,12-13H2,1H3/b11-8+. The maximum absolute atomic E-state index is 13.6. The molecule has 24 heavy (non-hydrogen) atoms. The van der Waals surface area contributed by atoms with Crippen molar-refractivity contribution in [2.75, 3.05) is 19.4 Å². The van der Waals surface area contributed by atoms with Gasteiger partial charge in [0.2, 0.25) is 5.91 Å². The fourth-order valence-corrected chi connectivity index (χ4v) is 3.87. The first-order chi connectivity index (χ1) is 11.7. The Balaban J connectivity index is 1.74. The molecule has 0 radical (unpaired) electrons. The molecule has 124 valence electrons. The molecule has 1 aliphatic rings. The van der Waals surface area contributed by atoms with Gasteiger partial charge in [0.05, 0.1) is 7.11 Å². The van der Waals surface area contributed by atoms with Gasteiger partial charge in [-0.3, -0.25) is 4.79 Å². The van der Waals surface area contributed by atoms with Crippen molar-refractivity contribution in [1.82, 2.24) is 4.90 Å². The van der Waals surface area contributed by atoms with Gasteiger partial charge < -0.3 is 9.64 Å². The molecule has 1 amide bonds. The predicted molar refractivity (Wildman–Crippen MR) is 95.3 cm³/mol. The summed E-state index contributed by atoms with van der Waals surface area (Å²) in [5, 5.41) is -0.0197. The minimum Gasteiger partial charge on any atom is -0.497 e. The van der Waals surface area contributed by atoms with Crippen LogP contribution in [0.1, 0.15) is 16.5 Å². The van der Waals surface area contributed by atoms with Crippen LogP contribution in [0.5, 0.6) is 5.75 Å². The van der Waals surface area contributed by atoms with Gasteiger partial charge in [-0.2, -0.15) is 0 Å². The number of hydrogen-bond acceptors (Lipinski definition) is 3. The summed E-state index contributed by atoms with van der Waals surface area (Å²) in [7, 11) is 1.63. The summed E-state index contributed by atoms with van der Waals surface area (Å²) in [6, 6.07) is 14.2. The Hall–Kier alpha value is -2.27. The molecule has 1 saturated heterocycles. The Morgan fingerprint density at radius 1 is 1.25 bits per heavy atom. The molecule has 3 nitrogen and oxygen atoms in total. The maximum Gasteiger partial charge on any atom is 0.247 e. The van der Waals surface area contributed by atoms with Crippen LogP contribution in [0, 0.1) is 5.82 Å². The second-order valence-corrected chi connectivity index (χ2v) is 6.57.